The van der Waals surface area contributed by atoms with E-state index >= 15 is 0 Å². The molecule has 0 aliphatic rings. The van der Waals surface area contributed by atoms with E-state index in [1.165, 1.54) is 44.9 Å². The number of unbranched alkanes of at least 4 members (excludes halogenated alkanes) is 8. The number of Topliss-reactive ketones (excluding diaryl/α,β-unsaturated/α-hetero) is 1. The van der Waals surface area contributed by atoms with Gasteiger partial charge >= 0.3 is 35.5 Å². The summed E-state index contributed by atoms with van der Waals surface area (Å²) in [4.78, 5) is 21.6. The molecule has 0 atom stereocenters. The fourth-order valence-corrected chi connectivity index (χ4v) is 2.03. The molecular formula is C15H30NNaO3. The molecule has 2 N–H and O–H groups in total. The van der Waals surface area contributed by atoms with Gasteiger partial charge in [0.05, 0.1) is 13.1 Å². The van der Waals surface area contributed by atoms with Gasteiger partial charge < -0.3 is 10.4 Å². The topological polar surface area (TPSA) is 66.4 Å². The molecule has 0 amide bonds. The molecule has 0 radical (unpaired) electrons. The average molecular weight is 295 g/mol. The van der Waals surface area contributed by atoms with Crippen molar-refractivity contribution in [2.45, 2.75) is 71.1 Å². The molecule has 0 bridgehead atoms. The quantitative estimate of drug-likeness (QED) is 0.382. The molecule has 0 saturated heterocycles. The summed E-state index contributed by atoms with van der Waals surface area (Å²) in [5, 5.41) is 11.0. The van der Waals surface area contributed by atoms with Crippen LogP contribution in [-0.2, 0) is 9.59 Å². The summed E-state index contributed by atoms with van der Waals surface area (Å²) in [5.74, 6) is -0.805. The van der Waals surface area contributed by atoms with E-state index < -0.39 is 5.97 Å². The molecule has 0 aromatic carbocycles. The molecule has 0 spiro atoms. The van der Waals surface area contributed by atoms with Gasteiger partial charge in [0, 0.05) is 6.42 Å². The Bertz CT molecular complexity index is 247. The van der Waals surface area contributed by atoms with Crippen molar-refractivity contribution in [2.24, 2.45) is 0 Å². The second-order valence-corrected chi connectivity index (χ2v) is 5.11. The fourth-order valence-electron chi connectivity index (χ4n) is 2.03. The minimum atomic E-state index is -0.920. The van der Waals surface area contributed by atoms with Gasteiger partial charge in [-0.05, 0) is 6.42 Å². The van der Waals surface area contributed by atoms with Crippen molar-refractivity contribution in [3.63, 3.8) is 0 Å². The molecule has 114 valence electrons. The van der Waals surface area contributed by atoms with Gasteiger partial charge in [-0.25, -0.2) is 0 Å². The van der Waals surface area contributed by atoms with E-state index in [1.54, 1.807) is 0 Å². The van der Waals surface area contributed by atoms with E-state index in [0.29, 0.717) is 6.42 Å². The number of nitrogens with one attached hydrogen (secondary N) is 1. The molecule has 0 aromatic heterocycles. The predicted molar refractivity (Wildman–Crippen MR) is 84.5 cm³/mol. The SMILES string of the molecule is CCCCCCCCCCCC(=O)CNCC(=O)O.[NaH]. The Morgan fingerprint density at radius 3 is 1.85 bits per heavy atom. The number of carboxylic acids is 1. The summed E-state index contributed by atoms with van der Waals surface area (Å²) in [5.41, 5.74) is 0. The van der Waals surface area contributed by atoms with Gasteiger partial charge in [-0.3, -0.25) is 9.59 Å². The molecular weight excluding hydrogens is 265 g/mol. The van der Waals surface area contributed by atoms with E-state index in [2.05, 4.69) is 12.2 Å². The van der Waals surface area contributed by atoms with Crippen LogP contribution < -0.4 is 5.32 Å². The summed E-state index contributed by atoms with van der Waals surface area (Å²) in [6, 6.07) is 0. The Balaban J connectivity index is 0. The van der Waals surface area contributed by atoms with Crippen LogP contribution in [0.15, 0.2) is 0 Å². The third-order valence-electron chi connectivity index (χ3n) is 3.16. The Morgan fingerprint density at radius 1 is 0.850 bits per heavy atom. The number of ketones is 1. The van der Waals surface area contributed by atoms with Gasteiger partial charge in [-0.2, -0.15) is 0 Å². The van der Waals surface area contributed by atoms with E-state index in [-0.39, 0.29) is 48.4 Å². The fraction of sp³-hybridized carbons (Fsp3) is 0.867. The van der Waals surface area contributed by atoms with E-state index in [4.69, 9.17) is 5.11 Å². The maximum absolute atomic E-state index is 11.4. The standard InChI is InChI=1S/C15H29NO3.Na.H/c1-2-3-4-5-6-7-8-9-10-11-14(17)12-16-13-15(18)19;;/h16H,2-13H2,1H3,(H,18,19);;. The minimum absolute atomic E-state index is 0. The Hall–Kier alpha value is 0.100. The zero-order valence-corrected chi connectivity index (χ0v) is 12.2. The van der Waals surface area contributed by atoms with Crippen LogP contribution >= 0.6 is 0 Å². The average Bonchev–Trinajstić information content (AvgIpc) is 2.36. The van der Waals surface area contributed by atoms with Gasteiger partial charge in [-0.1, -0.05) is 58.3 Å². The third kappa shape index (κ3) is 18.1. The number of rotatable bonds is 14. The summed E-state index contributed by atoms with van der Waals surface area (Å²) in [6.45, 7) is 2.27. The molecule has 0 aromatic rings. The van der Waals surface area contributed by atoms with Crippen LogP contribution in [0.4, 0.5) is 0 Å². The second kappa shape index (κ2) is 17.2. The molecule has 0 aliphatic carbocycles. The molecule has 20 heavy (non-hydrogen) atoms. The van der Waals surface area contributed by atoms with Gasteiger partial charge in [-0.15, -0.1) is 0 Å². The van der Waals surface area contributed by atoms with E-state index in [0.717, 1.165) is 12.8 Å². The third-order valence-corrected chi connectivity index (χ3v) is 3.16. The van der Waals surface area contributed by atoms with Crippen LogP contribution in [0.1, 0.15) is 71.1 Å². The second-order valence-electron chi connectivity index (χ2n) is 5.11. The number of hydrogen-bond donors (Lipinski definition) is 2. The first kappa shape index (κ1) is 22.4. The number of carbonyl (C=O) groups excluding carboxylic acids is 1. The number of carbonyl (C=O) groups is 2. The molecule has 0 aliphatic heterocycles. The van der Waals surface area contributed by atoms with E-state index in [1.807, 2.05) is 0 Å². The van der Waals surface area contributed by atoms with Crippen molar-refractivity contribution in [1.82, 2.24) is 5.32 Å². The Labute approximate surface area is 145 Å². The first-order valence-corrected chi connectivity index (χ1v) is 7.61. The normalized spacial score (nSPS) is 10.1. The van der Waals surface area contributed by atoms with Crippen LogP contribution in [-0.4, -0.2) is 59.5 Å². The zero-order chi connectivity index (χ0) is 14.3. The number of carboxylic acid groups (broad SMARTS) is 1. The molecule has 0 heterocycles. The number of hydrogen-bond acceptors (Lipinski definition) is 3. The number of aliphatic carboxylic acids is 1. The first-order valence-electron chi connectivity index (χ1n) is 7.61. The van der Waals surface area contributed by atoms with Gasteiger partial charge in [0.25, 0.3) is 0 Å². The van der Waals surface area contributed by atoms with Crippen LogP contribution in [0.25, 0.3) is 0 Å². The van der Waals surface area contributed by atoms with Crippen molar-refractivity contribution in [3.8, 4) is 0 Å². The van der Waals surface area contributed by atoms with Crippen LogP contribution in [0, 0.1) is 0 Å². The van der Waals surface area contributed by atoms with Crippen molar-refractivity contribution in [2.75, 3.05) is 13.1 Å². The molecule has 4 nitrogen and oxygen atoms in total. The van der Waals surface area contributed by atoms with Gasteiger partial charge in [0.2, 0.25) is 0 Å². The summed E-state index contributed by atoms with van der Waals surface area (Å²) in [7, 11) is 0. The molecule has 0 unspecified atom stereocenters. The van der Waals surface area contributed by atoms with Crippen molar-refractivity contribution < 1.29 is 14.7 Å². The predicted octanol–water partition coefficient (Wildman–Crippen LogP) is 2.50. The van der Waals surface area contributed by atoms with Crippen LogP contribution in [0.2, 0.25) is 0 Å². The monoisotopic (exact) mass is 295 g/mol. The summed E-state index contributed by atoms with van der Waals surface area (Å²) < 4.78 is 0. The van der Waals surface area contributed by atoms with Crippen LogP contribution in [0.3, 0.4) is 0 Å². The molecule has 0 saturated carbocycles. The Kier molecular flexibility index (Phi) is 19.2. The molecule has 0 rings (SSSR count). The van der Waals surface area contributed by atoms with Crippen molar-refractivity contribution in [3.05, 3.63) is 0 Å². The molecule has 5 heteroatoms. The van der Waals surface area contributed by atoms with Crippen molar-refractivity contribution in [1.29, 1.82) is 0 Å². The first-order chi connectivity index (χ1) is 9.16. The Morgan fingerprint density at radius 2 is 1.35 bits per heavy atom. The van der Waals surface area contributed by atoms with Gasteiger partial charge in [0.15, 0.2) is 0 Å². The van der Waals surface area contributed by atoms with Gasteiger partial charge in [0.1, 0.15) is 5.78 Å². The zero-order valence-electron chi connectivity index (χ0n) is 12.2. The van der Waals surface area contributed by atoms with E-state index in [9.17, 15) is 9.59 Å². The molecule has 0 fully saturated rings. The van der Waals surface area contributed by atoms with Crippen molar-refractivity contribution >= 4 is 41.3 Å². The maximum atomic E-state index is 11.4. The van der Waals surface area contributed by atoms with Crippen LogP contribution in [0.5, 0.6) is 0 Å². The summed E-state index contributed by atoms with van der Waals surface area (Å²) in [6.07, 6.45) is 11.7. The summed E-state index contributed by atoms with van der Waals surface area (Å²) >= 11 is 0.